The fourth-order valence-electron chi connectivity index (χ4n) is 1.58. The molecule has 5 heteroatoms. The van der Waals surface area contributed by atoms with Gasteiger partial charge in [-0.15, -0.1) is 11.3 Å². The molecule has 0 spiro atoms. The molecule has 0 fully saturated rings. The Morgan fingerprint density at radius 3 is 2.69 bits per heavy atom. The molecule has 2 heterocycles. The zero-order valence-corrected chi connectivity index (χ0v) is 10.5. The van der Waals surface area contributed by atoms with Crippen LogP contribution in [0.3, 0.4) is 0 Å². The number of imidazole rings is 1. The van der Waals surface area contributed by atoms with Gasteiger partial charge in [-0.2, -0.15) is 0 Å². The van der Waals surface area contributed by atoms with Crippen LogP contribution in [0.2, 0.25) is 0 Å². The highest BCUT2D eigenvalue weighted by Crippen LogP contribution is 2.26. The van der Waals surface area contributed by atoms with Gasteiger partial charge < -0.3 is 16.0 Å². The fourth-order valence-corrected chi connectivity index (χ4v) is 2.46. The summed E-state index contributed by atoms with van der Waals surface area (Å²) in [6, 6.07) is 4.48. The summed E-state index contributed by atoms with van der Waals surface area (Å²) in [5, 5.41) is 3.30. The second-order valence-corrected chi connectivity index (χ2v) is 5.22. The van der Waals surface area contributed by atoms with Crippen molar-refractivity contribution in [1.29, 1.82) is 0 Å². The smallest absolute Gasteiger partial charge is 0.169 e. The van der Waals surface area contributed by atoms with Crippen molar-refractivity contribution in [3.63, 3.8) is 0 Å². The van der Waals surface area contributed by atoms with E-state index in [2.05, 4.69) is 41.3 Å². The molecule has 1 atom stereocenters. The van der Waals surface area contributed by atoms with Crippen LogP contribution in [0.4, 0.5) is 11.6 Å². The number of thiophene rings is 1. The highest BCUT2D eigenvalue weighted by atomic mass is 32.1. The Morgan fingerprint density at radius 1 is 1.44 bits per heavy atom. The number of aryl methyl sites for hydroxylation is 2. The summed E-state index contributed by atoms with van der Waals surface area (Å²) in [7, 11) is 0. The lowest BCUT2D eigenvalue weighted by molar-refractivity contribution is 0.899. The van der Waals surface area contributed by atoms with Crippen LogP contribution in [0.1, 0.15) is 28.5 Å². The van der Waals surface area contributed by atoms with Gasteiger partial charge in [0.15, 0.2) is 5.82 Å². The quantitative estimate of drug-likeness (QED) is 0.767. The summed E-state index contributed by atoms with van der Waals surface area (Å²) in [5.41, 5.74) is 5.80. The largest absolute Gasteiger partial charge is 0.382 e. The van der Waals surface area contributed by atoms with Crippen molar-refractivity contribution in [2.45, 2.75) is 26.8 Å². The van der Waals surface area contributed by atoms with Gasteiger partial charge in [0.25, 0.3) is 0 Å². The van der Waals surface area contributed by atoms with Crippen LogP contribution in [0.15, 0.2) is 12.1 Å². The molecule has 0 aliphatic rings. The maximum atomic E-state index is 5.80. The highest BCUT2D eigenvalue weighted by Gasteiger charge is 2.11. The topological polar surface area (TPSA) is 66.7 Å². The molecule has 2 aromatic rings. The van der Waals surface area contributed by atoms with Crippen molar-refractivity contribution in [2.24, 2.45) is 0 Å². The molecule has 0 bridgehead atoms. The number of nitrogen functional groups attached to an aromatic ring is 1. The molecule has 86 valence electrons. The first-order valence-corrected chi connectivity index (χ1v) is 6.03. The van der Waals surface area contributed by atoms with Crippen LogP contribution < -0.4 is 11.1 Å². The number of rotatable bonds is 3. The first kappa shape index (κ1) is 11.0. The van der Waals surface area contributed by atoms with Gasteiger partial charge in [0, 0.05) is 9.75 Å². The molecule has 2 rings (SSSR count). The van der Waals surface area contributed by atoms with E-state index in [4.69, 9.17) is 5.73 Å². The zero-order chi connectivity index (χ0) is 11.7. The maximum Gasteiger partial charge on any atom is 0.169 e. The second kappa shape index (κ2) is 4.17. The molecule has 0 aromatic carbocycles. The van der Waals surface area contributed by atoms with E-state index in [0.29, 0.717) is 5.82 Å². The average Bonchev–Trinajstić information content (AvgIpc) is 2.74. The Kier molecular flexibility index (Phi) is 2.87. The van der Waals surface area contributed by atoms with Gasteiger partial charge in [-0.3, -0.25) is 0 Å². The van der Waals surface area contributed by atoms with E-state index in [1.807, 2.05) is 6.92 Å². The molecule has 1 unspecified atom stereocenters. The van der Waals surface area contributed by atoms with Crippen molar-refractivity contribution >= 4 is 23.0 Å². The van der Waals surface area contributed by atoms with Gasteiger partial charge in [-0.05, 0) is 32.9 Å². The minimum absolute atomic E-state index is 0.226. The van der Waals surface area contributed by atoms with Crippen molar-refractivity contribution in [3.8, 4) is 0 Å². The van der Waals surface area contributed by atoms with E-state index in [1.54, 1.807) is 11.3 Å². The summed E-state index contributed by atoms with van der Waals surface area (Å²) >= 11 is 1.79. The Hall–Kier alpha value is -1.49. The minimum atomic E-state index is 0.226. The van der Waals surface area contributed by atoms with Crippen LogP contribution in [-0.4, -0.2) is 9.97 Å². The standard InChI is InChI=1S/C11H16N4S/c1-6-4-5-9(16-6)7(2)13-11-10(12)14-8(3)15-11/h4-5,7,13H,12H2,1-3H3,(H,14,15). The van der Waals surface area contributed by atoms with E-state index < -0.39 is 0 Å². The summed E-state index contributed by atoms with van der Waals surface area (Å²) in [4.78, 5) is 9.88. The lowest BCUT2D eigenvalue weighted by Crippen LogP contribution is -2.06. The lowest BCUT2D eigenvalue weighted by atomic mass is 10.3. The van der Waals surface area contributed by atoms with Crippen LogP contribution in [0.5, 0.6) is 0 Å². The highest BCUT2D eigenvalue weighted by molar-refractivity contribution is 7.12. The minimum Gasteiger partial charge on any atom is -0.382 e. The number of aromatic nitrogens is 2. The van der Waals surface area contributed by atoms with Crippen LogP contribution in [0.25, 0.3) is 0 Å². The van der Waals surface area contributed by atoms with E-state index in [-0.39, 0.29) is 6.04 Å². The van der Waals surface area contributed by atoms with Crippen LogP contribution in [-0.2, 0) is 0 Å². The number of hydrogen-bond donors (Lipinski definition) is 3. The summed E-state index contributed by atoms with van der Waals surface area (Å²) in [5.74, 6) is 2.16. The van der Waals surface area contributed by atoms with E-state index in [9.17, 15) is 0 Å². The predicted molar refractivity (Wildman–Crippen MR) is 68.8 cm³/mol. The Morgan fingerprint density at radius 2 is 2.19 bits per heavy atom. The van der Waals surface area contributed by atoms with Crippen molar-refractivity contribution in [3.05, 3.63) is 27.7 Å². The van der Waals surface area contributed by atoms with Gasteiger partial charge in [0.2, 0.25) is 0 Å². The molecule has 0 aliphatic carbocycles. The molecule has 4 N–H and O–H groups in total. The van der Waals surface area contributed by atoms with E-state index in [1.165, 1.54) is 9.75 Å². The molecule has 2 aromatic heterocycles. The molecule has 4 nitrogen and oxygen atoms in total. The summed E-state index contributed by atoms with van der Waals surface area (Å²) in [6.07, 6.45) is 0. The van der Waals surface area contributed by atoms with Crippen molar-refractivity contribution in [2.75, 3.05) is 11.1 Å². The molecule has 0 amide bonds. The van der Waals surface area contributed by atoms with Gasteiger partial charge >= 0.3 is 0 Å². The maximum absolute atomic E-state index is 5.80. The third-order valence-electron chi connectivity index (χ3n) is 2.39. The van der Waals surface area contributed by atoms with Gasteiger partial charge in [-0.25, -0.2) is 4.98 Å². The number of hydrogen-bond acceptors (Lipinski definition) is 4. The molecule has 0 saturated carbocycles. The van der Waals surface area contributed by atoms with Gasteiger partial charge in [-0.1, -0.05) is 0 Å². The number of H-pyrrole nitrogens is 1. The van der Waals surface area contributed by atoms with Gasteiger partial charge in [0.1, 0.15) is 11.6 Å². The number of aromatic amines is 1. The Labute approximate surface area is 98.9 Å². The molecule has 16 heavy (non-hydrogen) atoms. The van der Waals surface area contributed by atoms with Crippen molar-refractivity contribution in [1.82, 2.24) is 9.97 Å². The predicted octanol–water partition coefficient (Wildman–Crippen LogP) is 2.84. The zero-order valence-electron chi connectivity index (χ0n) is 9.66. The van der Waals surface area contributed by atoms with E-state index in [0.717, 1.165) is 11.6 Å². The third kappa shape index (κ3) is 2.19. The fraction of sp³-hybridized carbons (Fsp3) is 0.364. The number of nitrogens with zero attached hydrogens (tertiary/aromatic N) is 1. The molecular weight excluding hydrogens is 220 g/mol. The lowest BCUT2D eigenvalue weighted by Gasteiger charge is -2.11. The first-order valence-electron chi connectivity index (χ1n) is 5.21. The SMILES string of the molecule is Cc1nc(NC(C)c2ccc(C)s2)c(N)[nH]1. The molecule has 0 radical (unpaired) electrons. The number of nitrogens with one attached hydrogen (secondary N) is 2. The first-order chi connectivity index (χ1) is 7.56. The molecule has 0 aliphatic heterocycles. The molecule has 0 saturated heterocycles. The Balaban J connectivity index is 2.13. The summed E-state index contributed by atoms with van der Waals surface area (Å²) in [6.45, 7) is 6.10. The normalized spacial score (nSPS) is 12.7. The average molecular weight is 236 g/mol. The third-order valence-corrected chi connectivity index (χ3v) is 3.57. The summed E-state index contributed by atoms with van der Waals surface area (Å²) < 4.78 is 0. The monoisotopic (exact) mass is 236 g/mol. The van der Waals surface area contributed by atoms with Crippen molar-refractivity contribution < 1.29 is 0 Å². The van der Waals surface area contributed by atoms with Crippen LogP contribution in [0, 0.1) is 13.8 Å². The van der Waals surface area contributed by atoms with E-state index >= 15 is 0 Å². The number of anilines is 2. The van der Waals surface area contributed by atoms with Gasteiger partial charge in [0.05, 0.1) is 6.04 Å². The van der Waals surface area contributed by atoms with Crippen LogP contribution >= 0.6 is 11.3 Å². The Bertz CT molecular complexity index is 486. The number of nitrogens with two attached hydrogens (primary N) is 1. The second-order valence-electron chi connectivity index (χ2n) is 3.90. The molecular formula is C11H16N4S.